The minimum Gasteiger partial charge on any atom is -0.338 e. The van der Waals surface area contributed by atoms with Gasteiger partial charge in [-0.3, -0.25) is 0 Å². The van der Waals surface area contributed by atoms with Crippen molar-refractivity contribution in [2.45, 2.75) is 20.8 Å². The van der Waals surface area contributed by atoms with E-state index in [1.54, 1.807) is 6.07 Å². The summed E-state index contributed by atoms with van der Waals surface area (Å²) in [6.07, 6.45) is 0. The number of fused-ring (bicyclic) bond motifs is 1. The van der Waals surface area contributed by atoms with Crippen LogP contribution in [-0.4, -0.2) is 9.97 Å². The third-order valence-corrected chi connectivity index (χ3v) is 3.47. The van der Waals surface area contributed by atoms with E-state index in [0.29, 0.717) is 11.4 Å². The monoisotopic (exact) mass is 254 g/mol. The summed E-state index contributed by atoms with van der Waals surface area (Å²) in [7, 11) is 0. The standard InChI is InChI=1S/C16H15FN2/c1-9-4-5-13(17)12(6-9)16-18-14-7-10(2)11(3)8-15(14)19-16/h4-8H,1-3H3,(H,18,19). The predicted octanol–water partition coefficient (Wildman–Crippen LogP) is 4.29. The number of hydrogen-bond donors (Lipinski definition) is 1. The zero-order chi connectivity index (χ0) is 13.6. The van der Waals surface area contributed by atoms with Gasteiger partial charge in [-0.25, -0.2) is 9.37 Å². The Kier molecular flexibility index (Phi) is 2.63. The van der Waals surface area contributed by atoms with Crippen molar-refractivity contribution in [3.05, 3.63) is 52.8 Å². The first-order valence-corrected chi connectivity index (χ1v) is 6.28. The van der Waals surface area contributed by atoms with E-state index in [2.05, 4.69) is 29.9 Å². The smallest absolute Gasteiger partial charge is 0.141 e. The molecule has 1 heterocycles. The van der Waals surface area contributed by atoms with Crippen LogP contribution in [0, 0.1) is 26.6 Å². The third-order valence-electron chi connectivity index (χ3n) is 3.47. The fourth-order valence-electron chi connectivity index (χ4n) is 2.22. The Balaban J connectivity index is 2.23. The minimum atomic E-state index is -0.252. The second-order valence-corrected chi connectivity index (χ2v) is 5.02. The van der Waals surface area contributed by atoms with E-state index in [4.69, 9.17) is 0 Å². The van der Waals surface area contributed by atoms with Gasteiger partial charge in [0.15, 0.2) is 0 Å². The molecule has 1 aromatic heterocycles. The number of hydrogen-bond acceptors (Lipinski definition) is 1. The molecule has 0 unspecified atom stereocenters. The number of aryl methyl sites for hydroxylation is 3. The quantitative estimate of drug-likeness (QED) is 0.689. The maximum atomic E-state index is 13.9. The van der Waals surface area contributed by atoms with Gasteiger partial charge in [-0.1, -0.05) is 11.6 Å². The van der Waals surface area contributed by atoms with E-state index in [0.717, 1.165) is 16.6 Å². The highest BCUT2D eigenvalue weighted by molar-refractivity contribution is 5.81. The van der Waals surface area contributed by atoms with Gasteiger partial charge >= 0.3 is 0 Å². The van der Waals surface area contributed by atoms with Crippen LogP contribution >= 0.6 is 0 Å². The molecule has 0 spiro atoms. The van der Waals surface area contributed by atoms with Crippen LogP contribution in [0.15, 0.2) is 30.3 Å². The summed E-state index contributed by atoms with van der Waals surface area (Å²) in [6.45, 7) is 6.05. The zero-order valence-corrected chi connectivity index (χ0v) is 11.2. The van der Waals surface area contributed by atoms with Crippen LogP contribution < -0.4 is 0 Å². The largest absolute Gasteiger partial charge is 0.338 e. The van der Waals surface area contributed by atoms with Crippen molar-refractivity contribution in [2.24, 2.45) is 0 Å². The molecule has 0 bridgehead atoms. The van der Waals surface area contributed by atoms with Crippen LogP contribution in [0.4, 0.5) is 4.39 Å². The van der Waals surface area contributed by atoms with Crippen molar-refractivity contribution in [3.8, 4) is 11.4 Å². The first-order chi connectivity index (χ1) is 9.04. The molecule has 0 aliphatic carbocycles. The number of imidazole rings is 1. The molecule has 0 atom stereocenters. The highest BCUT2D eigenvalue weighted by Gasteiger charge is 2.11. The highest BCUT2D eigenvalue weighted by atomic mass is 19.1. The van der Waals surface area contributed by atoms with Crippen molar-refractivity contribution in [1.29, 1.82) is 0 Å². The van der Waals surface area contributed by atoms with Crippen molar-refractivity contribution in [1.82, 2.24) is 9.97 Å². The summed E-state index contributed by atoms with van der Waals surface area (Å²) in [5.41, 5.74) is 5.75. The first-order valence-electron chi connectivity index (χ1n) is 6.28. The first kappa shape index (κ1) is 11.9. The number of H-pyrrole nitrogens is 1. The van der Waals surface area contributed by atoms with Crippen LogP contribution in [0.3, 0.4) is 0 Å². The summed E-state index contributed by atoms with van der Waals surface area (Å²) in [4.78, 5) is 7.69. The van der Waals surface area contributed by atoms with Crippen LogP contribution in [-0.2, 0) is 0 Å². The average Bonchev–Trinajstić information content (AvgIpc) is 2.75. The van der Waals surface area contributed by atoms with Gasteiger partial charge in [-0.05, 0) is 56.2 Å². The molecule has 0 amide bonds. The van der Waals surface area contributed by atoms with Gasteiger partial charge in [0.05, 0.1) is 16.6 Å². The molecular formula is C16H15FN2. The second kappa shape index (κ2) is 4.19. The molecule has 0 saturated heterocycles. The Morgan fingerprint density at radius 3 is 2.53 bits per heavy atom. The lowest BCUT2D eigenvalue weighted by molar-refractivity contribution is 0.630. The summed E-state index contributed by atoms with van der Waals surface area (Å²) in [5, 5.41) is 0. The van der Waals surface area contributed by atoms with E-state index >= 15 is 0 Å². The molecular weight excluding hydrogens is 239 g/mol. The zero-order valence-electron chi connectivity index (χ0n) is 11.2. The lowest BCUT2D eigenvalue weighted by Crippen LogP contribution is -1.87. The summed E-state index contributed by atoms with van der Waals surface area (Å²) >= 11 is 0. The van der Waals surface area contributed by atoms with E-state index in [1.807, 2.05) is 19.1 Å². The van der Waals surface area contributed by atoms with E-state index in [9.17, 15) is 4.39 Å². The number of aromatic amines is 1. The molecule has 0 aliphatic rings. The Morgan fingerprint density at radius 1 is 1.00 bits per heavy atom. The number of rotatable bonds is 1. The van der Waals surface area contributed by atoms with E-state index < -0.39 is 0 Å². The van der Waals surface area contributed by atoms with Gasteiger partial charge in [0, 0.05) is 0 Å². The number of nitrogens with one attached hydrogen (secondary N) is 1. The maximum absolute atomic E-state index is 13.9. The molecule has 0 saturated carbocycles. The van der Waals surface area contributed by atoms with Crippen molar-refractivity contribution in [2.75, 3.05) is 0 Å². The van der Waals surface area contributed by atoms with Crippen molar-refractivity contribution < 1.29 is 4.39 Å². The second-order valence-electron chi connectivity index (χ2n) is 5.02. The number of benzene rings is 2. The molecule has 3 heteroatoms. The Hall–Kier alpha value is -2.16. The minimum absolute atomic E-state index is 0.252. The predicted molar refractivity (Wildman–Crippen MR) is 75.7 cm³/mol. The summed E-state index contributed by atoms with van der Waals surface area (Å²) in [6, 6.07) is 9.13. The Labute approximate surface area is 111 Å². The Bertz CT molecular complexity index is 733. The van der Waals surface area contributed by atoms with Gasteiger partial charge in [0.1, 0.15) is 11.6 Å². The van der Waals surface area contributed by atoms with Gasteiger partial charge in [-0.15, -0.1) is 0 Å². The van der Waals surface area contributed by atoms with Crippen molar-refractivity contribution in [3.63, 3.8) is 0 Å². The SMILES string of the molecule is Cc1ccc(F)c(-c2nc3cc(C)c(C)cc3[nH]2)c1. The molecule has 96 valence electrons. The molecule has 2 nitrogen and oxygen atoms in total. The average molecular weight is 254 g/mol. The summed E-state index contributed by atoms with van der Waals surface area (Å²) < 4.78 is 13.9. The fourth-order valence-corrected chi connectivity index (χ4v) is 2.22. The lowest BCUT2D eigenvalue weighted by Gasteiger charge is -2.00. The van der Waals surface area contributed by atoms with Crippen molar-refractivity contribution >= 4 is 11.0 Å². The molecule has 1 N–H and O–H groups in total. The highest BCUT2D eigenvalue weighted by Crippen LogP contribution is 2.25. The number of aromatic nitrogens is 2. The van der Waals surface area contributed by atoms with Crippen LogP contribution in [0.1, 0.15) is 16.7 Å². The van der Waals surface area contributed by atoms with Gasteiger partial charge in [-0.2, -0.15) is 0 Å². The van der Waals surface area contributed by atoms with Gasteiger partial charge < -0.3 is 4.98 Å². The van der Waals surface area contributed by atoms with E-state index in [-0.39, 0.29) is 5.82 Å². The van der Waals surface area contributed by atoms with Gasteiger partial charge in [0.25, 0.3) is 0 Å². The lowest BCUT2D eigenvalue weighted by atomic mass is 10.1. The molecule has 3 aromatic rings. The molecule has 19 heavy (non-hydrogen) atoms. The molecule has 2 aromatic carbocycles. The third kappa shape index (κ3) is 2.01. The summed E-state index contributed by atoms with van der Waals surface area (Å²) in [5.74, 6) is 0.333. The number of nitrogens with zero attached hydrogens (tertiary/aromatic N) is 1. The molecule has 0 aliphatic heterocycles. The van der Waals surface area contributed by atoms with Crippen LogP contribution in [0.5, 0.6) is 0 Å². The Morgan fingerprint density at radius 2 is 1.74 bits per heavy atom. The molecule has 0 radical (unpaired) electrons. The van der Waals surface area contributed by atoms with Crippen LogP contribution in [0.25, 0.3) is 22.4 Å². The molecule has 3 rings (SSSR count). The normalized spacial score (nSPS) is 11.2. The fraction of sp³-hybridized carbons (Fsp3) is 0.188. The topological polar surface area (TPSA) is 28.7 Å². The van der Waals surface area contributed by atoms with Gasteiger partial charge in [0.2, 0.25) is 0 Å². The maximum Gasteiger partial charge on any atom is 0.141 e. The van der Waals surface area contributed by atoms with E-state index in [1.165, 1.54) is 17.2 Å². The van der Waals surface area contributed by atoms with Crippen LogP contribution in [0.2, 0.25) is 0 Å². The molecule has 0 fully saturated rings. The number of halogens is 1.